The Balaban J connectivity index is 1.62. The lowest BCUT2D eigenvalue weighted by atomic mass is 10.2. The summed E-state index contributed by atoms with van der Waals surface area (Å²) >= 11 is 0. The van der Waals surface area contributed by atoms with Crippen molar-refractivity contribution in [3.8, 4) is 0 Å². The van der Waals surface area contributed by atoms with E-state index in [-0.39, 0.29) is 12.0 Å². The zero-order valence-corrected chi connectivity index (χ0v) is 12.7. The first-order valence-electron chi connectivity index (χ1n) is 7.27. The normalized spacial score (nSPS) is 12.7. The van der Waals surface area contributed by atoms with Gasteiger partial charge in [-0.25, -0.2) is 0 Å². The summed E-state index contributed by atoms with van der Waals surface area (Å²) in [6, 6.07) is 13.2. The van der Waals surface area contributed by atoms with Gasteiger partial charge in [0.25, 0.3) is 0 Å². The van der Waals surface area contributed by atoms with Crippen molar-refractivity contribution in [3.05, 3.63) is 66.3 Å². The van der Waals surface area contributed by atoms with Gasteiger partial charge in [0.05, 0.1) is 12.8 Å². The third-order valence-corrected chi connectivity index (χ3v) is 3.45. The standard InChI is InChI=1S/C18H17NO4/c1-21-17(16-11-13-5-2-3-7-15(13)23-16)12-19-18(20)9-8-14-6-4-10-22-14/h2-11,17H,12H2,1H3,(H,19,20)/b9-8+/t17-/m0/s1. The first-order chi connectivity index (χ1) is 11.3. The second-order valence-electron chi connectivity index (χ2n) is 5.00. The molecular weight excluding hydrogens is 294 g/mol. The molecule has 0 bridgehead atoms. The van der Waals surface area contributed by atoms with Crippen LogP contribution in [0.2, 0.25) is 0 Å². The minimum Gasteiger partial charge on any atom is -0.465 e. The lowest BCUT2D eigenvalue weighted by molar-refractivity contribution is -0.117. The number of para-hydroxylation sites is 1. The van der Waals surface area contributed by atoms with Crippen LogP contribution in [0.15, 0.2) is 63.6 Å². The predicted octanol–water partition coefficient (Wildman–Crippen LogP) is 3.54. The Morgan fingerprint density at radius 1 is 1.30 bits per heavy atom. The number of nitrogens with one attached hydrogen (secondary N) is 1. The number of carbonyl (C=O) groups excluding carboxylic acids is 1. The fourth-order valence-corrected chi connectivity index (χ4v) is 2.26. The number of furan rings is 2. The Bertz CT molecular complexity index is 768. The summed E-state index contributed by atoms with van der Waals surface area (Å²) in [6.07, 6.45) is 4.24. The van der Waals surface area contributed by atoms with Gasteiger partial charge in [0, 0.05) is 18.6 Å². The molecule has 0 saturated heterocycles. The summed E-state index contributed by atoms with van der Waals surface area (Å²) in [5.41, 5.74) is 0.800. The fraction of sp³-hybridized carbons (Fsp3) is 0.167. The van der Waals surface area contributed by atoms with E-state index in [4.69, 9.17) is 13.6 Å². The van der Waals surface area contributed by atoms with E-state index >= 15 is 0 Å². The quantitative estimate of drug-likeness (QED) is 0.707. The van der Waals surface area contributed by atoms with E-state index in [2.05, 4.69) is 5.32 Å². The van der Waals surface area contributed by atoms with E-state index in [1.165, 1.54) is 6.08 Å². The highest BCUT2D eigenvalue weighted by atomic mass is 16.5. The summed E-state index contributed by atoms with van der Waals surface area (Å²) in [5, 5.41) is 3.79. The summed E-state index contributed by atoms with van der Waals surface area (Å²) in [5.74, 6) is 1.09. The number of ether oxygens (including phenoxy) is 1. The van der Waals surface area contributed by atoms with Gasteiger partial charge in [0.15, 0.2) is 0 Å². The van der Waals surface area contributed by atoms with Gasteiger partial charge in [-0.2, -0.15) is 0 Å². The molecule has 0 fully saturated rings. The molecule has 0 radical (unpaired) electrons. The molecule has 0 aliphatic rings. The monoisotopic (exact) mass is 311 g/mol. The molecule has 23 heavy (non-hydrogen) atoms. The van der Waals surface area contributed by atoms with Gasteiger partial charge < -0.3 is 18.9 Å². The number of amides is 1. The number of fused-ring (bicyclic) bond motifs is 1. The second-order valence-corrected chi connectivity index (χ2v) is 5.00. The summed E-state index contributed by atoms with van der Waals surface area (Å²) in [6.45, 7) is 0.317. The lowest BCUT2D eigenvalue weighted by Crippen LogP contribution is -2.27. The minimum absolute atomic E-state index is 0.223. The molecule has 1 amide bonds. The van der Waals surface area contributed by atoms with Gasteiger partial charge in [0.1, 0.15) is 23.2 Å². The van der Waals surface area contributed by atoms with Crippen LogP contribution in [0.5, 0.6) is 0 Å². The third kappa shape index (κ3) is 3.70. The molecule has 0 aliphatic carbocycles. The number of hydrogen-bond acceptors (Lipinski definition) is 4. The molecule has 0 spiro atoms. The zero-order chi connectivity index (χ0) is 16.1. The van der Waals surface area contributed by atoms with Gasteiger partial charge in [-0.1, -0.05) is 18.2 Å². The smallest absolute Gasteiger partial charge is 0.244 e. The van der Waals surface area contributed by atoms with Crippen molar-refractivity contribution in [1.29, 1.82) is 0 Å². The van der Waals surface area contributed by atoms with Crippen molar-refractivity contribution < 1.29 is 18.4 Å². The predicted molar refractivity (Wildman–Crippen MR) is 86.7 cm³/mol. The van der Waals surface area contributed by atoms with Gasteiger partial charge in [-0.3, -0.25) is 4.79 Å². The highest BCUT2D eigenvalue weighted by molar-refractivity contribution is 5.91. The molecule has 3 rings (SSSR count). The van der Waals surface area contributed by atoms with Crippen LogP contribution in [0.3, 0.4) is 0 Å². The van der Waals surface area contributed by atoms with Gasteiger partial charge >= 0.3 is 0 Å². The SMILES string of the molecule is CO[C@@H](CNC(=O)/C=C/c1ccco1)c1cc2ccccc2o1. The number of hydrogen-bond donors (Lipinski definition) is 1. The second kappa shape index (κ2) is 6.98. The molecular formula is C18H17NO4. The van der Waals surface area contributed by atoms with Crippen LogP contribution in [0.4, 0.5) is 0 Å². The molecule has 0 unspecified atom stereocenters. The van der Waals surface area contributed by atoms with E-state index in [1.807, 2.05) is 30.3 Å². The van der Waals surface area contributed by atoms with E-state index in [0.29, 0.717) is 18.1 Å². The Morgan fingerprint density at radius 3 is 2.91 bits per heavy atom. The van der Waals surface area contributed by atoms with E-state index in [0.717, 1.165) is 11.0 Å². The highest BCUT2D eigenvalue weighted by Gasteiger charge is 2.16. The van der Waals surface area contributed by atoms with Crippen LogP contribution in [-0.4, -0.2) is 19.6 Å². The molecule has 1 aromatic carbocycles. The van der Waals surface area contributed by atoms with Crippen molar-refractivity contribution in [2.24, 2.45) is 0 Å². The molecule has 0 aliphatic heterocycles. The van der Waals surface area contributed by atoms with Crippen molar-refractivity contribution in [2.45, 2.75) is 6.10 Å². The molecule has 118 valence electrons. The van der Waals surface area contributed by atoms with Crippen molar-refractivity contribution in [3.63, 3.8) is 0 Å². The number of carbonyl (C=O) groups is 1. The molecule has 1 atom stereocenters. The largest absolute Gasteiger partial charge is 0.465 e. The highest BCUT2D eigenvalue weighted by Crippen LogP contribution is 2.25. The van der Waals surface area contributed by atoms with Crippen molar-refractivity contribution in [1.82, 2.24) is 5.32 Å². The average Bonchev–Trinajstić information content (AvgIpc) is 3.22. The molecule has 3 aromatic rings. The average molecular weight is 311 g/mol. The topological polar surface area (TPSA) is 64.6 Å². The molecule has 2 aromatic heterocycles. The number of benzene rings is 1. The molecule has 0 saturated carbocycles. The number of rotatable bonds is 6. The van der Waals surface area contributed by atoms with Crippen LogP contribution in [0.1, 0.15) is 17.6 Å². The molecule has 2 heterocycles. The number of methoxy groups -OCH3 is 1. The molecule has 5 heteroatoms. The zero-order valence-electron chi connectivity index (χ0n) is 12.7. The third-order valence-electron chi connectivity index (χ3n) is 3.45. The van der Waals surface area contributed by atoms with Crippen LogP contribution < -0.4 is 5.32 Å². The van der Waals surface area contributed by atoms with E-state index in [9.17, 15) is 4.79 Å². The maximum Gasteiger partial charge on any atom is 0.244 e. The van der Waals surface area contributed by atoms with Crippen molar-refractivity contribution in [2.75, 3.05) is 13.7 Å². The van der Waals surface area contributed by atoms with Gasteiger partial charge in [0.2, 0.25) is 5.91 Å². The summed E-state index contributed by atoms with van der Waals surface area (Å²) < 4.78 is 16.3. The van der Waals surface area contributed by atoms with Crippen molar-refractivity contribution >= 4 is 23.0 Å². The van der Waals surface area contributed by atoms with Crippen LogP contribution in [0, 0.1) is 0 Å². The Hall–Kier alpha value is -2.79. The maximum absolute atomic E-state index is 11.8. The Kier molecular flexibility index (Phi) is 4.59. The lowest BCUT2D eigenvalue weighted by Gasteiger charge is -2.12. The van der Waals surface area contributed by atoms with Gasteiger partial charge in [-0.05, 0) is 30.3 Å². The van der Waals surface area contributed by atoms with Crippen LogP contribution >= 0.6 is 0 Å². The first-order valence-corrected chi connectivity index (χ1v) is 7.27. The van der Waals surface area contributed by atoms with E-state index in [1.54, 1.807) is 31.6 Å². The van der Waals surface area contributed by atoms with E-state index < -0.39 is 0 Å². The molecule has 5 nitrogen and oxygen atoms in total. The first kappa shape index (κ1) is 15.1. The fourth-order valence-electron chi connectivity index (χ4n) is 2.26. The van der Waals surface area contributed by atoms with Crippen LogP contribution in [0.25, 0.3) is 17.0 Å². The maximum atomic E-state index is 11.8. The summed E-state index contributed by atoms with van der Waals surface area (Å²) in [7, 11) is 1.59. The Labute approximate surface area is 133 Å². The van der Waals surface area contributed by atoms with Gasteiger partial charge in [-0.15, -0.1) is 0 Å². The van der Waals surface area contributed by atoms with Crippen LogP contribution in [-0.2, 0) is 9.53 Å². The summed E-state index contributed by atoms with van der Waals surface area (Å²) in [4.78, 5) is 11.8. The molecule has 1 N–H and O–H groups in total. The Morgan fingerprint density at radius 2 is 2.17 bits per heavy atom. The minimum atomic E-state index is -0.344.